The quantitative estimate of drug-likeness (QED) is 0.881. The minimum atomic E-state index is 0.351. The molecule has 1 saturated carbocycles. The lowest BCUT2D eigenvalue weighted by Gasteiger charge is -2.38. The van der Waals surface area contributed by atoms with Crippen molar-refractivity contribution >= 4 is 16.5 Å². The van der Waals surface area contributed by atoms with Crippen molar-refractivity contribution in [1.29, 1.82) is 0 Å². The molecule has 2 rings (SSSR count). The summed E-state index contributed by atoms with van der Waals surface area (Å²) >= 11 is 1.78. The zero-order valence-corrected chi connectivity index (χ0v) is 14.4. The molecule has 1 heterocycles. The highest BCUT2D eigenvalue weighted by Gasteiger charge is 2.29. The van der Waals surface area contributed by atoms with Crippen LogP contribution in [-0.4, -0.2) is 24.6 Å². The third-order valence-electron chi connectivity index (χ3n) is 4.62. The summed E-state index contributed by atoms with van der Waals surface area (Å²) in [6.07, 6.45) is 5.24. The van der Waals surface area contributed by atoms with E-state index in [1.807, 2.05) is 0 Å². The van der Waals surface area contributed by atoms with Crippen LogP contribution in [0.2, 0.25) is 0 Å². The van der Waals surface area contributed by atoms with Gasteiger partial charge in [0.25, 0.3) is 0 Å². The Bertz CT molecular complexity index is 417. The molecule has 114 valence electrons. The maximum Gasteiger partial charge on any atom is 0.185 e. The summed E-state index contributed by atoms with van der Waals surface area (Å²) in [6, 6.07) is 1.01. The van der Waals surface area contributed by atoms with Gasteiger partial charge in [0.2, 0.25) is 0 Å². The van der Waals surface area contributed by atoms with E-state index in [1.54, 1.807) is 11.3 Å². The summed E-state index contributed by atoms with van der Waals surface area (Å²) < 4.78 is 0. The molecule has 0 bridgehead atoms. The van der Waals surface area contributed by atoms with Crippen molar-refractivity contribution in [3.8, 4) is 0 Å². The first-order valence-electron chi connectivity index (χ1n) is 7.84. The molecule has 1 aromatic heterocycles. The monoisotopic (exact) mass is 295 g/mol. The molecule has 0 saturated heterocycles. The van der Waals surface area contributed by atoms with Gasteiger partial charge in [-0.1, -0.05) is 20.8 Å². The van der Waals surface area contributed by atoms with Gasteiger partial charge in [0.15, 0.2) is 5.13 Å². The van der Waals surface area contributed by atoms with Gasteiger partial charge in [0, 0.05) is 24.5 Å². The minimum Gasteiger partial charge on any atom is -0.348 e. The van der Waals surface area contributed by atoms with Gasteiger partial charge in [-0.25, -0.2) is 4.98 Å². The van der Waals surface area contributed by atoms with Gasteiger partial charge in [0.05, 0.1) is 5.69 Å². The second kappa shape index (κ2) is 6.44. The van der Waals surface area contributed by atoms with E-state index in [0.29, 0.717) is 17.5 Å². The van der Waals surface area contributed by atoms with E-state index in [1.165, 1.54) is 36.5 Å². The number of hydrogen-bond donors (Lipinski definition) is 1. The Morgan fingerprint density at radius 3 is 2.70 bits per heavy atom. The maximum atomic E-state index is 4.82. The number of anilines is 1. The van der Waals surface area contributed by atoms with E-state index in [2.05, 4.69) is 50.3 Å². The molecule has 1 N–H and O–H groups in total. The average molecular weight is 295 g/mol. The number of hydrogen-bond acceptors (Lipinski definition) is 4. The van der Waals surface area contributed by atoms with Gasteiger partial charge >= 0.3 is 0 Å². The van der Waals surface area contributed by atoms with E-state index in [9.17, 15) is 0 Å². The molecule has 0 amide bonds. The van der Waals surface area contributed by atoms with Crippen LogP contribution in [0.5, 0.6) is 0 Å². The smallest absolute Gasteiger partial charge is 0.185 e. The van der Waals surface area contributed by atoms with Crippen molar-refractivity contribution in [2.75, 3.05) is 18.5 Å². The third kappa shape index (κ3) is 3.73. The molecule has 0 radical (unpaired) electrons. The lowest BCUT2D eigenvalue weighted by atomic mass is 9.75. The molecule has 1 fully saturated rings. The average Bonchev–Trinajstić information content (AvgIpc) is 2.88. The molecule has 4 heteroatoms. The SMILES string of the molecule is CCNC(C)c1csc(N(C)C2CCC(C)(C)CC2)n1. The number of aromatic nitrogens is 1. The molecule has 0 spiro atoms. The molecule has 1 atom stereocenters. The number of nitrogens with zero attached hydrogens (tertiary/aromatic N) is 2. The number of rotatable bonds is 5. The standard InChI is InChI=1S/C16H29N3S/c1-6-17-12(2)14-11-20-15(18-14)19(5)13-7-9-16(3,4)10-8-13/h11-13,17H,6-10H2,1-5H3. The van der Waals surface area contributed by atoms with Crippen LogP contribution in [0.3, 0.4) is 0 Å². The predicted octanol–water partition coefficient (Wildman–Crippen LogP) is 4.22. The summed E-state index contributed by atoms with van der Waals surface area (Å²) in [4.78, 5) is 7.23. The Balaban J connectivity index is 1.98. The lowest BCUT2D eigenvalue weighted by molar-refractivity contribution is 0.222. The Hall–Kier alpha value is -0.610. The lowest BCUT2D eigenvalue weighted by Crippen LogP contribution is -2.37. The summed E-state index contributed by atoms with van der Waals surface area (Å²) in [6.45, 7) is 10.1. The van der Waals surface area contributed by atoms with Crippen molar-refractivity contribution in [2.45, 2.75) is 65.5 Å². The topological polar surface area (TPSA) is 28.2 Å². The molecule has 1 aliphatic carbocycles. The molecule has 1 aliphatic rings. The first-order valence-corrected chi connectivity index (χ1v) is 8.72. The highest BCUT2D eigenvalue weighted by Crippen LogP contribution is 2.38. The van der Waals surface area contributed by atoms with E-state index >= 15 is 0 Å². The highest BCUT2D eigenvalue weighted by atomic mass is 32.1. The molecule has 1 unspecified atom stereocenters. The highest BCUT2D eigenvalue weighted by molar-refractivity contribution is 7.13. The predicted molar refractivity (Wildman–Crippen MR) is 88.6 cm³/mol. The van der Waals surface area contributed by atoms with Crippen molar-refractivity contribution in [3.05, 3.63) is 11.1 Å². The number of thiazole rings is 1. The zero-order chi connectivity index (χ0) is 14.8. The first kappa shape index (κ1) is 15.8. The van der Waals surface area contributed by atoms with Crippen LogP contribution in [-0.2, 0) is 0 Å². The fourth-order valence-corrected chi connectivity index (χ4v) is 3.93. The minimum absolute atomic E-state index is 0.351. The van der Waals surface area contributed by atoms with E-state index < -0.39 is 0 Å². The van der Waals surface area contributed by atoms with Crippen LogP contribution >= 0.6 is 11.3 Å². The Labute approximate surface area is 127 Å². The summed E-state index contributed by atoms with van der Waals surface area (Å²) in [7, 11) is 2.21. The van der Waals surface area contributed by atoms with Crippen LogP contribution in [0.1, 0.15) is 65.1 Å². The van der Waals surface area contributed by atoms with Crippen molar-refractivity contribution < 1.29 is 0 Å². The van der Waals surface area contributed by atoms with Crippen molar-refractivity contribution in [3.63, 3.8) is 0 Å². The van der Waals surface area contributed by atoms with Gasteiger partial charge in [-0.3, -0.25) is 0 Å². The van der Waals surface area contributed by atoms with Crippen molar-refractivity contribution in [2.24, 2.45) is 5.41 Å². The molecular formula is C16H29N3S. The Morgan fingerprint density at radius 1 is 1.45 bits per heavy atom. The fourth-order valence-electron chi connectivity index (χ4n) is 2.98. The molecular weight excluding hydrogens is 266 g/mol. The fraction of sp³-hybridized carbons (Fsp3) is 0.812. The maximum absolute atomic E-state index is 4.82. The van der Waals surface area contributed by atoms with E-state index in [0.717, 1.165) is 6.54 Å². The molecule has 0 aliphatic heterocycles. The van der Waals surface area contributed by atoms with Crippen LogP contribution in [0.25, 0.3) is 0 Å². The van der Waals surface area contributed by atoms with Gasteiger partial charge in [0.1, 0.15) is 0 Å². The molecule has 3 nitrogen and oxygen atoms in total. The second-order valence-corrected chi connectivity index (χ2v) is 7.68. The summed E-state index contributed by atoms with van der Waals surface area (Å²) in [5.74, 6) is 0. The van der Waals surface area contributed by atoms with Gasteiger partial charge in [-0.2, -0.15) is 0 Å². The van der Waals surface area contributed by atoms with Gasteiger partial charge in [-0.05, 0) is 44.6 Å². The van der Waals surface area contributed by atoms with E-state index in [-0.39, 0.29) is 0 Å². The van der Waals surface area contributed by atoms with Crippen LogP contribution in [0.4, 0.5) is 5.13 Å². The molecule has 20 heavy (non-hydrogen) atoms. The second-order valence-electron chi connectivity index (χ2n) is 6.84. The first-order chi connectivity index (χ1) is 9.43. The van der Waals surface area contributed by atoms with Crippen LogP contribution < -0.4 is 10.2 Å². The van der Waals surface area contributed by atoms with Crippen LogP contribution in [0, 0.1) is 5.41 Å². The Kier molecular flexibility index (Phi) is 5.08. The largest absolute Gasteiger partial charge is 0.348 e. The summed E-state index contributed by atoms with van der Waals surface area (Å²) in [5.41, 5.74) is 1.71. The zero-order valence-electron chi connectivity index (χ0n) is 13.6. The van der Waals surface area contributed by atoms with Gasteiger partial charge < -0.3 is 10.2 Å². The van der Waals surface area contributed by atoms with Gasteiger partial charge in [-0.15, -0.1) is 11.3 Å². The number of nitrogens with one attached hydrogen (secondary N) is 1. The Morgan fingerprint density at radius 2 is 2.10 bits per heavy atom. The van der Waals surface area contributed by atoms with Crippen molar-refractivity contribution in [1.82, 2.24) is 10.3 Å². The summed E-state index contributed by atoms with van der Waals surface area (Å²) in [5, 5.41) is 6.81. The molecule has 0 aromatic carbocycles. The third-order valence-corrected chi connectivity index (χ3v) is 5.57. The molecule has 1 aromatic rings. The normalized spacial score (nSPS) is 20.9. The van der Waals surface area contributed by atoms with E-state index in [4.69, 9.17) is 4.98 Å². The van der Waals surface area contributed by atoms with Crippen LogP contribution in [0.15, 0.2) is 5.38 Å².